The molecule has 45 heavy (non-hydrogen) atoms. The highest BCUT2D eigenvalue weighted by Gasteiger charge is 2.39. The molecular weight excluding hydrogens is 563 g/mol. The monoisotopic (exact) mass is 593 g/mol. The summed E-state index contributed by atoms with van der Waals surface area (Å²) < 4.78 is 2.63. The fourth-order valence-electron chi connectivity index (χ4n) is 7.46. The van der Waals surface area contributed by atoms with Crippen molar-refractivity contribution in [1.82, 2.24) is 0 Å². The van der Waals surface area contributed by atoms with E-state index in [0.29, 0.717) is 0 Å². The first-order chi connectivity index (χ1) is 22.1. The number of hydrogen-bond donors (Lipinski definition) is 0. The molecule has 214 valence electrons. The minimum atomic E-state index is -0.178. The predicted octanol–water partition coefficient (Wildman–Crippen LogP) is 12.7. The number of thiophene rings is 1. The molecule has 1 aliphatic carbocycles. The van der Waals surface area contributed by atoms with Crippen molar-refractivity contribution in [1.29, 1.82) is 0 Å². The van der Waals surface area contributed by atoms with Gasteiger partial charge in [-0.05, 0) is 92.7 Å². The highest BCUT2D eigenvalue weighted by molar-refractivity contribution is 7.25. The van der Waals surface area contributed by atoms with Gasteiger partial charge in [0, 0.05) is 37.0 Å². The molecule has 0 unspecified atom stereocenters. The largest absolute Gasteiger partial charge is 0.310 e. The van der Waals surface area contributed by atoms with Gasteiger partial charge in [-0.15, -0.1) is 11.3 Å². The van der Waals surface area contributed by atoms with Gasteiger partial charge in [-0.3, -0.25) is 0 Å². The average molecular weight is 594 g/mol. The van der Waals surface area contributed by atoms with Crippen molar-refractivity contribution in [3.05, 3.63) is 163 Å². The SMILES string of the molecule is CC1(C)c2cc3ccccc3cc2-c2cccc(N(c3cccc(-c4ccccc4)c3)c3ccc4c(c3)sc3ccccc34)c21. The van der Waals surface area contributed by atoms with Crippen LogP contribution in [0.15, 0.2) is 152 Å². The Balaban J connectivity index is 1.30. The summed E-state index contributed by atoms with van der Waals surface area (Å²) in [6.45, 7) is 4.79. The van der Waals surface area contributed by atoms with Crippen molar-refractivity contribution in [2.45, 2.75) is 19.3 Å². The Morgan fingerprint density at radius 2 is 1.18 bits per heavy atom. The Hall–Kier alpha value is -5.18. The molecule has 1 heterocycles. The van der Waals surface area contributed by atoms with Crippen LogP contribution in [0.4, 0.5) is 17.1 Å². The van der Waals surface area contributed by atoms with E-state index < -0.39 is 0 Å². The summed E-state index contributed by atoms with van der Waals surface area (Å²) in [7, 11) is 0. The van der Waals surface area contributed by atoms with Crippen LogP contribution >= 0.6 is 11.3 Å². The summed E-state index contributed by atoms with van der Waals surface area (Å²) in [5, 5.41) is 5.22. The quantitative estimate of drug-likeness (QED) is 0.196. The van der Waals surface area contributed by atoms with Crippen molar-refractivity contribution in [3.8, 4) is 22.3 Å². The van der Waals surface area contributed by atoms with Gasteiger partial charge < -0.3 is 4.90 Å². The van der Waals surface area contributed by atoms with Crippen LogP contribution in [0.3, 0.4) is 0 Å². The minimum absolute atomic E-state index is 0.178. The zero-order valence-corrected chi connectivity index (χ0v) is 26.1. The van der Waals surface area contributed by atoms with Crippen LogP contribution in [0.2, 0.25) is 0 Å². The zero-order chi connectivity index (χ0) is 30.1. The Labute approximate surface area is 267 Å². The van der Waals surface area contributed by atoms with Crippen LogP contribution in [-0.2, 0) is 5.41 Å². The average Bonchev–Trinajstić information content (AvgIpc) is 3.56. The third-order valence-corrected chi connectivity index (χ3v) is 10.7. The van der Waals surface area contributed by atoms with Crippen LogP contribution in [0.25, 0.3) is 53.2 Å². The molecule has 0 aliphatic heterocycles. The molecule has 1 aromatic heterocycles. The van der Waals surface area contributed by atoms with E-state index in [-0.39, 0.29) is 5.41 Å². The topological polar surface area (TPSA) is 3.24 Å². The molecule has 1 aliphatic rings. The van der Waals surface area contributed by atoms with Crippen LogP contribution in [0.1, 0.15) is 25.0 Å². The van der Waals surface area contributed by atoms with Crippen molar-refractivity contribution in [2.24, 2.45) is 0 Å². The molecule has 0 saturated carbocycles. The minimum Gasteiger partial charge on any atom is -0.310 e. The molecule has 1 nitrogen and oxygen atoms in total. The summed E-state index contributed by atoms with van der Waals surface area (Å²) in [4.78, 5) is 2.49. The normalized spacial score (nSPS) is 13.3. The van der Waals surface area contributed by atoms with E-state index in [2.05, 4.69) is 170 Å². The lowest BCUT2D eigenvalue weighted by atomic mass is 9.80. The van der Waals surface area contributed by atoms with Gasteiger partial charge >= 0.3 is 0 Å². The summed E-state index contributed by atoms with van der Waals surface area (Å²) in [5.41, 5.74) is 11.2. The van der Waals surface area contributed by atoms with Crippen molar-refractivity contribution < 1.29 is 0 Å². The van der Waals surface area contributed by atoms with Gasteiger partial charge in [0.1, 0.15) is 0 Å². The van der Waals surface area contributed by atoms with Crippen LogP contribution in [-0.4, -0.2) is 0 Å². The van der Waals surface area contributed by atoms with E-state index in [1.54, 1.807) is 0 Å². The van der Waals surface area contributed by atoms with Gasteiger partial charge in [-0.25, -0.2) is 0 Å². The first-order valence-corrected chi connectivity index (χ1v) is 16.4. The molecule has 0 radical (unpaired) electrons. The highest BCUT2D eigenvalue weighted by Crippen LogP contribution is 2.55. The summed E-state index contributed by atoms with van der Waals surface area (Å²) in [6.07, 6.45) is 0. The molecule has 9 rings (SSSR count). The van der Waals surface area contributed by atoms with E-state index in [0.717, 1.165) is 5.69 Å². The second kappa shape index (κ2) is 9.92. The smallest absolute Gasteiger partial charge is 0.0508 e. The fraction of sp³-hybridized carbons (Fsp3) is 0.0698. The molecule has 7 aromatic carbocycles. The van der Waals surface area contributed by atoms with Crippen LogP contribution in [0.5, 0.6) is 0 Å². The predicted molar refractivity (Wildman–Crippen MR) is 195 cm³/mol. The fourth-order valence-corrected chi connectivity index (χ4v) is 8.60. The molecule has 0 fully saturated rings. The van der Waals surface area contributed by atoms with Crippen LogP contribution in [0, 0.1) is 0 Å². The van der Waals surface area contributed by atoms with Gasteiger partial charge in [0.15, 0.2) is 0 Å². The highest BCUT2D eigenvalue weighted by atomic mass is 32.1. The number of anilines is 3. The lowest BCUT2D eigenvalue weighted by molar-refractivity contribution is 0.661. The maximum Gasteiger partial charge on any atom is 0.0508 e. The number of benzene rings is 7. The number of hydrogen-bond acceptors (Lipinski definition) is 2. The lowest BCUT2D eigenvalue weighted by Crippen LogP contribution is -2.20. The Morgan fingerprint density at radius 1 is 0.489 bits per heavy atom. The Kier molecular flexibility index (Phi) is 5.78. The molecule has 0 amide bonds. The van der Waals surface area contributed by atoms with Gasteiger partial charge in [-0.1, -0.05) is 117 Å². The maximum atomic E-state index is 2.49. The summed E-state index contributed by atoms with van der Waals surface area (Å²) in [5.74, 6) is 0. The number of nitrogens with zero attached hydrogens (tertiary/aromatic N) is 1. The van der Waals surface area contributed by atoms with E-state index in [1.165, 1.54) is 75.7 Å². The second-order valence-electron chi connectivity index (χ2n) is 12.6. The standard InChI is InChI=1S/C43H31NS/c1-43(2)38-26-31-15-7-6-14-30(31)25-37(38)36-19-11-20-39(42(36)43)44(32-17-10-16-29(24-32)28-12-4-3-5-13-28)33-22-23-35-34-18-8-9-21-40(34)45-41(35)27-33/h3-27H,1-2H3. The molecular formula is C43H31NS. The van der Waals surface area contributed by atoms with Gasteiger partial charge in [0.25, 0.3) is 0 Å². The van der Waals surface area contributed by atoms with Crippen molar-refractivity contribution in [2.75, 3.05) is 4.90 Å². The molecule has 0 spiro atoms. The zero-order valence-electron chi connectivity index (χ0n) is 25.3. The molecule has 2 heteroatoms. The van der Waals surface area contributed by atoms with E-state index in [1.807, 2.05) is 11.3 Å². The molecule has 0 saturated heterocycles. The molecule has 8 aromatic rings. The van der Waals surface area contributed by atoms with E-state index >= 15 is 0 Å². The number of fused-ring (bicyclic) bond motifs is 7. The Bertz CT molecular complexity index is 2410. The Morgan fingerprint density at radius 3 is 2.04 bits per heavy atom. The van der Waals surface area contributed by atoms with Crippen molar-refractivity contribution >= 4 is 59.3 Å². The van der Waals surface area contributed by atoms with Crippen LogP contribution < -0.4 is 4.90 Å². The molecule has 0 atom stereocenters. The van der Waals surface area contributed by atoms with E-state index in [4.69, 9.17) is 0 Å². The molecule has 0 N–H and O–H groups in total. The third kappa shape index (κ3) is 4.06. The molecule has 0 bridgehead atoms. The second-order valence-corrected chi connectivity index (χ2v) is 13.7. The number of rotatable bonds is 4. The van der Waals surface area contributed by atoms with E-state index in [9.17, 15) is 0 Å². The van der Waals surface area contributed by atoms with Gasteiger partial charge in [0.05, 0.1) is 5.69 Å². The summed E-state index contributed by atoms with van der Waals surface area (Å²) >= 11 is 1.87. The first-order valence-electron chi connectivity index (χ1n) is 15.6. The maximum absolute atomic E-state index is 2.49. The third-order valence-electron chi connectivity index (χ3n) is 9.59. The van der Waals surface area contributed by atoms with Gasteiger partial charge in [0.2, 0.25) is 0 Å². The van der Waals surface area contributed by atoms with Gasteiger partial charge in [-0.2, -0.15) is 0 Å². The first kappa shape index (κ1) is 26.2. The summed E-state index contributed by atoms with van der Waals surface area (Å²) in [6, 6.07) is 55.9. The lowest BCUT2D eigenvalue weighted by Gasteiger charge is -2.32. The van der Waals surface area contributed by atoms with Crippen molar-refractivity contribution in [3.63, 3.8) is 0 Å².